The third-order valence-corrected chi connectivity index (χ3v) is 9.95. The molecule has 0 spiro atoms. The van der Waals surface area contributed by atoms with Crippen LogP contribution in [0.4, 0.5) is 10.8 Å². The first-order valence-electron chi connectivity index (χ1n) is 16.0. The number of amides is 3. The molecular weight excluding hydrogens is 677 g/mol. The average Bonchev–Trinajstić information content (AvgIpc) is 3.82. The molecule has 7 rings (SSSR count). The Labute approximate surface area is 302 Å². The van der Waals surface area contributed by atoms with E-state index >= 15 is 0 Å². The normalized spacial score (nSPS) is 11.9. The molecule has 3 amide bonds. The SMILES string of the molecule is O=C(Nc1ccc(SC(C(=O)Nc2nc3ccccc3s2)c2ccccc2)cc1)C(=Cc1ccc(-c2ccccc2)o1)NC(=O)c1ccccc1. The molecule has 0 aliphatic heterocycles. The van der Waals surface area contributed by atoms with Gasteiger partial charge in [-0.2, -0.15) is 0 Å². The molecule has 7 aromatic rings. The number of hydrogen-bond donors (Lipinski definition) is 3. The van der Waals surface area contributed by atoms with Crippen LogP contribution in [0.25, 0.3) is 27.6 Å². The zero-order chi connectivity index (χ0) is 35.0. The highest BCUT2D eigenvalue weighted by molar-refractivity contribution is 8.00. The molecule has 2 heterocycles. The second-order valence-electron chi connectivity index (χ2n) is 11.3. The summed E-state index contributed by atoms with van der Waals surface area (Å²) in [6.45, 7) is 0. The summed E-state index contributed by atoms with van der Waals surface area (Å²) in [4.78, 5) is 45.8. The van der Waals surface area contributed by atoms with E-state index in [4.69, 9.17) is 4.42 Å². The van der Waals surface area contributed by atoms with Gasteiger partial charge < -0.3 is 20.4 Å². The number of para-hydroxylation sites is 1. The maximum atomic E-state index is 13.6. The summed E-state index contributed by atoms with van der Waals surface area (Å²) < 4.78 is 7.00. The molecule has 1 atom stereocenters. The fourth-order valence-electron chi connectivity index (χ4n) is 5.22. The molecule has 3 N–H and O–H groups in total. The fraction of sp³-hybridized carbons (Fsp3) is 0.0244. The summed E-state index contributed by atoms with van der Waals surface area (Å²) in [7, 11) is 0. The molecule has 10 heteroatoms. The van der Waals surface area contributed by atoms with Gasteiger partial charge in [-0.3, -0.25) is 14.4 Å². The third-order valence-electron chi connectivity index (χ3n) is 7.73. The lowest BCUT2D eigenvalue weighted by Gasteiger charge is -2.16. The van der Waals surface area contributed by atoms with Gasteiger partial charge in [0, 0.05) is 27.8 Å². The number of nitrogens with zero attached hydrogens (tertiary/aromatic N) is 1. The molecule has 0 aliphatic rings. The Bertz CT molecular complexity index is 2290. The van der Waals surface area contributed by atoms with Gasteiger partial charge >= 0.3 is 0 Å². The molecular formula is C41H30N4O4S2. The van der Waals surface area contributed by atoms with Crippen LogP contribution in [-0.2, 0) is 9.59 Å². The number of fused-ring (bicyclic) bond motifs is 1. The zero-order valence-electron chi connectivity index (χ0n) is 27.0. The molecule has 250 valence electrons. The van der Waals surface area contributed by atoms with E-state index in [1.165, 1.54) is 29.2 Å². The maximum absolute atomic E-state index is 13.6. The van der Waals surface area contributed by atoms with E-state index < -0.39 is 17.1 Å². The van der Waals surface area contributed by atoms with E-state index in [0.717, 1.165) is 26.2 Å². The summed E-state index contributed by atoms with van der Waals surface area (Å²) in [5.41, 5.74) is 3.48. The van der Waals surface area contributed by atoms with E-state index in [2.05, 4.69) is 20.9 Å². The van der Waals surface area contributed by atoms with Crippen molar-refractivity contribution in [3.8, 4) is 11.3 Å². The third kappa shape index (κ3) is 8.33. The van der Waals surface area contributed by atoms with E-state index in [0.29, 0.717) is 27.9 Å². The van der Waals surface area contributed by atoms with Crippen molar-refractivity contribution >= 4 is 67.9 Å². The first kappa shape index (κ1) is 33.3. The Morgan fingerprint density at radius 3 is 2.10 bits per heavy atom. The smallest absolute Gasteiger partial charge is 0.272 e. The van der Waals surface area contributed by atoms with Crippen molar-refractivity contribution in [3.63, 3.8) is 0 Å². The highest BCUT2D eigenvalue weighted by Crippen LogP contribution is 2.37. The van der Waals surface area contributed by atoms with Crippen LogP contribution in [0.5, 0.6) is 0 Å². The Kier molecular flexibility index (Phi) is 10.1. The molecule has 5 aromatic carbocycles. The Hall–Kier alpha value is -6.23. The molecule has 0 radical (unpaired) electrons. The fourth-order valence-corrected chi connectivity index (χ4v) is 7.11. The lowest BCUT2D eigenvalue weighted by molar-refractivity contribution is -0.116. The number of nitrogens with one attached hydrogen (secondary N) is 3. The number of anilines is 2. The zero-order valence-corrected chi connectivity index (χ0v) is 28.6. The molecule has 2 aromatic heterocycles. The summed E-state index contributed by atoms with van der Waals surface area (Å²) >= 11 is 2.82. The van der Waals surface area contributed by atoms with Gasteiger partial charge in [0.1, 0.15) is 22.5 Å². The van der Waals surface area contributed by atoms with Crippen LogP contribution in [0, 0.1) is 0 Å². The number of thiazole rings is 1. The topological polar surface area (TPSA) is 113 Å². The molecule has 0 saturated heterocycles. The standard InChI is InChI=1S/C41H30N4O4S2/c46-38(29-16-8-3-9-17-29)43-34(26-31-22-25-35(49-31)27-12-4-1-5-13-27)39(47)42-30-20-23-32(24-21-30)50-37(28-14-6-2-7-15-28)40(48)45-41-44-33-18-10-11-19-36(33)51-41/h1-26,37H,(H,42,47)(H,43,46)(H,44,45,48). The molecule has 0 fully saturated rings. The lowest BCUT2D eigenvalue weighted by Crippen LogP contribution is -2.30. The predicted molar refractivity (Wildman–Crippen MR) is 204 cm³/mol. The van der Waals surface area contributed by atoms with Gasteiger partial charge in [-0.15, -0.1) is 11.8 Å². The summed E-state index contributed by atoms with van der Waals surface area (Å²) in [6, 6.07) is 46.3. The van der Waals surface area contributed by atoms with Crippen molar-refractivity contribution in [3.05, 3.63) is 174 Å². The van der Waals surface area contributed by atoms with Crippen LogP contribution in [-0.4, -0.2) is 22.7 Å². The molecule has 0 bridgehead atoms. The number of carbonyl (C=O) groups is 3. The van der Waals surface area contributed by atoms with Gasteiger partial charge in [-0.1, -0.05) is 102 Å². The van der Waals surface area contributed by atoms with E-state index in [1.807, 2.05) is 109 Å². The Morgan fingerprint density at radius 2 is 1.37 bits per heavy atom. The van der Waals surface area contributed by atoms with Crippen molar-refractivity contribution in [1.29, 1.82) is 0 Å². The van der Waals surface area contributed by atoms with Crippen LogP contribution in [0.2, 0.25) is 0 Å². The van der Waals surface area contributed by atoms with Crippen LogP contribution in [0.1, 0.15) is 26.9 Å². The van der Waals surface area contributed by atoms with Crippen LogP contribution >= 0.6 is 23.1 Å². The number of carbonyl (C=O) groups excluding carboxylic acids is 3. The summed E-state index contributed by atoms with van der Waals surface area (Å²) in [5.74, 6) is -0.133. The first-order valence-corrected chi connectivity index (χ1v) is 17.7. The van der Waals surface area contributed by atoms with Gasteiger partial charge in [0.25, 0.3) is 11.8 Å². The van der Waals surface area contributed by atoms with E-state index in [9.17, 15) is 14.4 Å². The summed E-state index contributed by atoms with van der Waals surface area (Å²) in [6.07, 6.45) is 1.50. The molecule has 8 nitrogen and oxygen atoms in total. The second kappa shape index (κ2) is 15.5. The number of rotatable bonds is 11. The second-order valence-corrected chi connectivity index (χ2v) is 13.5. The van der Waals surface area contributed by atoms with Crippen molar-refractivity contribution in [1.82, 2.24) is 10.3 Å². The Morgan fingerprint density at radius 1 is 0.706 bits per heavy atom. The van der Waals surface area contributed by atoms with Crippen LogP contribution in [0.15, 0.2) is 167 Å². The van der Waals surface area contributed by atoms with Crippen molar-refractivity contribution in [2.75, 3.05) is 10.6 Å². The highest BCUT2D eigenvalue weighted by atomic mass is 32.2. The van der Waals surface area contributed by atoms with Gasteiger partial charge in [0.15, 0.2) is 5.13 Å². The average molecular weight is 707 g/mol. The number of hydrogen-bond acceptors (Lipinski definition) is 7. The summed E-state index contributed by atoms with van der Waals surface area (Å²) in [5, 5.41) is 8.60. The molecule has 1 unspecified atom stereocenters. The number of thioether (sulfide) groups is 1. The van der Waals surface area contributed by atoms with E-state index in [-0.39, 0.29) is 11.6 Å². The quantitative estimate of drug-likeness (QED) is 0.0913. The van der Waals surface area contributed by atoms with Gasteiger partial charge in [-0.25, -0.2) is 4.98 Å². The largest absolute Gasteiger partial charge is 0.457 e. The van der Waals surface area contributed by atoms with Crippen molar-refractivity contribution in [2.24, 2.45) is 0 Å². The minimum absolute atomic E-state index is 0.00641. The Balaban J connectivity index is 1.08. The van der Waals surface area contributed by atoms with Gasteiger partial charge in [0.05, 0.1) is 10.2 Å². The molecule has 0 aliphatic carbocycles. The van der Waals surface area contributed by atoms with Crippen LogP contribution in [0.3, 0.4) is 0 Å². The number of aromatic nitrogens is 1. The molecule has 51 heavy (non-hydrogen) atoms. The molecule has 0 saturated carbocycles. The van der Waals surface area contributed by atoms with Gasteiger partial charge in [-0.05, 0) is 66.2 Å². The number of benzene rings is 5. The number of furan rings is 1. The first-order chi connectivity index (χ1) is 25.0. The monoisotopic (exact) mass is 706 g/mol. The minimum Gasteiger partial charge on any atom is -0.457 e. The lowest BCUT2D eigenvalue weighted by atomic mass is 10.1. The van der Waals surface area contributed by atoms with Crippen molar-refractivity contribution < 1.29 is 18.8 Å². The maximum Gasteiger partial charge on any atom is 0.272 e. The van der Waals surface area contributed by atoms with E-state index in [1.54, 1.807) is 42.5 Å². The minimum atomic E-state index is -0.560. The highest BCUT2D eigenvalue weighted by Gasteiger charge is 2.24. The van der Waals surface area contributed by atoms with Crippen LogP contribution < -0.4 is 16.0 Å². The van der Waals surface area contributed by atoms with Crippen molar-refractivity contribution in [2.45, 2.75) is 10.1 Å². The van der Waals surface area contributed by atoms with Gasteiger partial charge in [0.2, 0.25) is 5.91 Å². The predicted octanol–water partition coefficient (Wildman–Crippen LogP) is 9.44.